The molecule has 0 saturated carbocycles. The van der Waals surface area contributed by atoms with E-state index in [0.717, 1.165) is 36.3 Å². The van der Waals surface area contributed by atoms with Gasteiger partial charge in [0, 0.05) is 11.8 Å². The van der Waals surface area contributed by atoms with E-state index in [1.807, 2.05) is 24.3 Å². The van der Waals surface area contributed by atoms with Crippen molar-refractivity contribution >= 4 is 58.7 Å². The van der Waals surface area contributed by atoms with Crippen LogP contribution < -0.4 is 0 Å². The highest BCUT2D eigenvalue weighted by atomic mass is 35.5. The van der Waals surface area contributed by atoms with E-state index < -0.39 is 0 Å². The Bertz CT molecular complexity index is 851. The number of aliphatic hydroxyl groups is 1. The van der Waals surface area contributed by atoms with Gasteiger partial charge in [-0.3, -0.25) is 4.18 Å². The van der Waals surface area contributed by atoms with Gasteiger partial charge in [0.2, 0.25) is 0 Å². The molecule has 4 nitrogen and oxygen atoms in total. The van der Waals surface area contributed by atoms with E-state index in [4.69, 9.17) is 55.7 Å². The lowest BCUT2D eigenvalue weighted by Crippen LogP contribution is -2.05. The Balaban J connectivity index is 0.000000330. The minimum Gasteiger partial charge on any atom is -0.396 e. The SMILES string of the molecule is C=CCC(CO)c1ccc(Cl)c(Cl)c1.C=CCC(COSOOC)c1ccc(Cl)c(Cl)c1. The minimum atomic E-state index is 0.0577. The number of hydrogen-bond acceptors (Lipinski definition) is 5. The van der Waals surface area contributed by atoms with E-state index in [-0.39, 0.29) is 18.4 Å². The van der Waals surface area contributed by atoms with Gasteiger partial charge in [0.15, 0.2) is 12.3 Å². The van der Waals surface area contributed by atoms with E-state index in [9.17, 15) is 0 Å². The fourth-order valence-corrected chi connectivity index (χ4v) is 3.64. The molecule has 0 saturated heterocycles. The molecule has 0 fully saturated rings. The van der Waals surface area contributed by atoms with Crippen LogP contribution >= 0.6 is 58.7 Å². The molecule has 0 bridgehead atoms. The topological polar surface area (TPSA) is 47.9 Å². The smallest absolute Gasteiger partial charge is 0.194 e. The lowest BCUT2D eigenvalue weighted by molar-refractivity contribution is -0.166. The Hall–Kier alpha value is -0.730. The Labute approximate surface area is 214 Å². The maximum absolute atomic E-state index is 9.15. The van der Waals surface area contributed by atoms with Crippen molar-refractivity contribution in [2.45, 2.75) is 24.7 Å². The molecule has 0 aromatic heterocycles. The zero-order valence-electron chi connectivity index (χ0n) is 17.6. The van der Waals surface area contributed by atoms with Crippen LogP contribution in [0.1, 0.15) is 35.8 Å². The van der Waals surface area contributed by atoms with E-state index in [1.165, 1.54) is 7.11 Å². The maximum Gasteiger partial charge on any atom is 0.194 e. The fraction of sp³-hybridized carbons (Fsp3) is 0.304. The van der Waals surface area contributed by atoms with Gasteiger partial charge in [-0.05, 0) is 48.2 Å². The lowest BCUT2D eigenvalue weighted by atomic mass is 9.97. The molecule has 2 aromatic carbocycles. The highest BCUT2D eigenvalue weighted by Crippen LogP contribution is 2.30. The number of allylic oxidation sites excluding steroid dienone is 2. The van der Waals surface area contributed by atoms with Crippen molar-refractivity contribution in [3.63, 3.8) is 0 Å². The van der Waals surface area contributed by atoms with Crippen LogP contribution in [0.25, 0.3) is 0 Å². The summed E-state index contributed by atoms with van der Waals surface area (Å²) in [5, 5.41) is 11.3. The molecule has 0 amide bonds. The van der Waals surface area contributed by atoms with Crippen molar-refractivity contribution in [1.82, 2.24) is 0 Å². The Kier molecular flexibility index (Phi) is 15.4. The molecule has 0 aliphatic rings. The summed E-state index contributed by atoms with van der Waals surface area (Å²) in [5.41, 5.74) is 2.03. The first-order chi connectivity index (χ1) is 15.4. The summed E-state index contributed by atoms with van der Waals surface area (Å²) in [6.07, 6.45) is 5.11. The average Bonchev–Trinajstić information content (AvgIpc) is 2.78. The predicted octanol–water partition coefficient (Wildman–Crippen LogP) is 8.46. The van der Waals surface area contributed by atoms with Crippen molar-refractivity contribution in [2.24, 2.45) is 0 Å². The van der Waals surface area contributed by atoms with E-state index >= 15 is 0 Å². The van der Waals surface area contributed by atoms with Gasteiger partial charge < -0.3 is 5.11 Å². The summed E-state index contributed by atoms with van der Waals surface area (Å²) >= 11 is 24.3. The number of rotatable bonds is 12. The predicted molar refractivity (Wildman–Crippen MR) is 137 cm³/mol. The van der Waals surface area contributed by atoms with Crippen molar-refractivity contribution in [3.8, 4) is 0 Å². The quantitative estimate of drug-likeness (QED) is 0.0963. The summed E-state index contributed by atoms with van der Waals surface area (Å²) in [5.74, 6) is 0.201. The molecule has 0 aliphatic heterocycles. The molecule has 0 heterocycles. The molecule has 2 aromatic rings. The van der Waals surface area contributed by atoms with Gasteiger partial charge in [-0.1, -0.05) is 70.7 Å². The maximum atomic E-state index is 9.15. The third-order valence-corrected chi connectivity index (χ3v) is 6.27. The van der Waals surface area contributed by atoms with Crippen LogP contribution in [0.3, 0.4) is 0 Å². The molecule has 2 unspecified atom stereocenters. The Morgan fingerprint density at radius 1 is 0.875 bits per heavy atom. The highest BCUT2D eigenvalue weighted by molar-refractivity contribution is 7.89. The second kappa shape index (κ2) is 16.8. The molecule has 1 N–H and O–H groups in total. The molecular weight excluding hydrogens is 514 g/mol. The second-order valence-corrected chi connectivity index (χ2v) is 8.70. The van der Waals surface area contributed by atoms with Gasteiger partial charge >= 0.3 is 0 Å². The van der Waals surface area contributed by atoms with Crippen LogP contribution in [0.5, 0.6) is 0 Å². The number of benzene rings is 2. The average molecular weight is 540 g/mol. The Morgan fingerprint density at radius 3 is 1.81 bits per heavy atom. The molecular formula is C23H26Cl4O4S. The normalized spacial score (nSPS) is 12.4. The Morgan fingerprint density at radius 2 is 1.38 bits per heavy atom. The van der Waals surface area contributed by atoms with Crippen LogP contribution in [-0.4, -0.2) is 25.4 Å². The second-order valence-electron chi connectivity index (χ2n) is 6.56. The van der Waals surface area contributed by atoms with Crippen molar-refractivity contribution < 1.29 is 18.5 Å². The van der Waals surface area contributed by atoms with Gasteiger partial charge in [0.1, 0.15) is 0 Å². The van der Waals surface area contributed by atoms with Crippen molar-refractivity contribution in [2.75, 3.05) is 20.3 Å². The van der Waals surface area contributed by atoms with Crippen LogP contribution in [0, 0.1) is 0 Å². The zero-order valence-corrected chi connectivity index (χ0v) is 21.4. The molecule has 176 valence electrons. The molecule has 2 atom stereocenters. The first kappa shape index (κ1) is 29.3. The summed E-state index contributed by atoms with van der Waals surface area (Å²) < 4.78 is 9.82. The number of aliphatic hydroxyl groups excluding tert-OH is 1. The summed E-state index contributed by atoms with van der Waals surface area (Å²) in [6.45, 7) is 7.92. The van der Waals surface area contributed by atoms with E-state index in [0.29, 0.717) is 26.7 Å². The number of halogens is 4. The van der Waals surface area contributed by atoms with Crippen LogP contribution in [0.4, 0.5) is 0 Å². The lowest BCUT2D eigenvalue weighted by Gasteiger charge is -2.15. The largest absolute Gasteiger partial charge is 0.396 e. The van der Waals surface area contributed by atoms with Gasteiger partial charge in [-0.25, -0.2) is 4.89 Å². The van der Waals surface area contributed by atoms with Gasteiger partial charge in [-0.2, -0.15) is 0 Å². The monoisotopic (exact) mass is 538 g/mol. The van der Waals surface area contributed by atoms with E-state index in [1.54, 1.807) is 24.3 Å². The third kappa shape index (κ3) is 10.5. The summed E-state index contributed by atoms with van der Waals surface area (Å²) in [6, 6.07) is 10.9. The van der Waals surface area contributed by atoms with Crippen molar-refractivity contribution in [3.05, 3.63) is 92.9 Å². The molecule has 2 rings (SSSR count). The minimum absolute atomic E-state index is 0.0577. The molecule has 0 spiro atoms. The standard InChI is InChI=1S/C12H14Cl2O3S.C11H12Cl2O/c1-3-4-10(8-16-18-17-15-2)9-5-6-11(13)12(14)7-9;1-2-3-9(7-14)8-4-5-10(12)11(13)6-8/h3,5-7,10H,1,4,8H2,2H3;2,4-6,9,14H,1,3,7H2. The fourth-order valence-electron chi connectivity index (χ4n) is 2.71. The third-order valence-electron chi connectivity index (χ3n) is 4.37. The van der Waals surface area contributed by atoms with Crippen molar-refractivity contribution in [1.29, 1.82) is 0 Å². The number of hydrogen-bond donors (Lipinski definition) is 1. The van der Waals surface area contributed by atoms with Gasteiger partial charge in [-0.15, -0.1) is 17.5 Å². The van der Waals surface area contributed by atoms with Gasteiger partial charge in [0.05, 0.1) is 40.4 Å². The zero-order chi connectivity index (χ0) is 23.9. The molecule has 0 radical (unpaired) electrons. The molecule has 32 heavy (non-hydrogen) atoms. The summed E-state index contributed by atoms with van der Waals surface area (Å²) in [7, 11) is 1.41. The summed E-state index contributed by atoms with van der Waals surface area (Å²) in [4.78, 5) is 4.40. The van der Waals surface area contributed by atoms with Gasteiger partial charge in [0.25, 0.3) is 0 Å². The van der Waals surface area contributed by atoms with Crippen LogP contribution in [0.2, 0.25) is 20.1 Å². The molecule has 0 aliphatic carbocycles. The van der Waals surface area contributed by atoms with Crippen LogP contribution in [-0.2, 0) is 13.4 Å². The van der Waals surface area contributed by atoms with E-state index in [2.05, 4.69) is 22.4 Å². The highest BCUT2D eigenvalue weighted by Gasteiger charge is 2.13. The first-order valence-electron chi connectivity index (χ1n) is 9.59. The first-order valence-corrected chi connectivity index (χ1v) is 11.8. The molecule has 9 heteroatoms. The van der Waals surface area contributed by atoms with Crippen LogP contribution in [0.15, 0.2) is 61.7 Å².